The molecule has 0 spiro atoms. The van der Waals surface area contributed by atoms with Gasteiger partial charge in [0.1, 0.15) is 0 Å². The molecule has 4 atom stereocenters. The van der Waals surface area contributed by atoms with E-state index in [1.54, 1.807) is 37.7 Å². The molecule has 2 fully saturated rings. The Morgan fingerprint density at radius 2 is 2.04 bits per heavy atom. The number of nitrogens with one attached hydrogen (secondary N) is 1. The van der Waals surface area contributed by atoms with E-state index in [-0.39, 0.29) is 24.0 Å². The number of hydrogen-bond donors (Lipinski definition) is 1. The molecule has 2 heterocycles. The second-order valence-electron chi connectivity index (χ2n) is 8.21. The largest absolute Gasteiger partial charge is 0.379 e. The molecule has 3 rings (SSSR count). The van der Waals surface area contributed by atoms with Gasteiger partial charge < -0.3 is 10.1 Å². The molecule has 2 aliphatic rings. The molecule has 0 aromatic carbocycles. The van der Waals surface area contributed by atoms with Crippen LogP contribution in [0.2, 0.25) is 0 Å². The third kappa shape index (κ3) is 4.72. The minimum Gasteiger partial charge on any atom is -0.379 e. The molecule has 7 nitrogen and oxygen atoms in total. The van der Waals surface area contributed by atoms with E-state index in [9.17, 15) is 13.2 Å². The maximum atomic E-state index is 12.5. The number of carbonyl (C=O) groups excluding carboxylic acids is 1. The van der Waals surface area contributed by atoms with Crippen molar-refractivity contribution < 1.29 is 17.9 Å². The van der Waals surface area contributed by atoms with E-state index < -0.39 is 15.3 Å². The molecule has 1 aliphatic heterocycles. The van der Waals surface area contributed by atoms with E-state index in [0.717, 1.165) is 18.4 Å². The first-order chi connectivity index (χ1) is 13.3. The summed E-state index contributed by atoms with van der Waals surface area (Å²) >= 11 is 0. The lowest BCUT2D eigenvalue weighted by Crippen LogP contribution is -2.50. The number of hydrogen-bond acceptors (Lipinski definition) is 5. The standard InChI is InChI=1S/C20H31N3O4S/c1-14(2)28(25,26)23-12-16-9-18(19(27-3)10-17(16)13-23)22-20(24)7-6-15-5-4-8-21-11-15/h4-5,8,11,14,16-19H,6-7,9-10,12-13H2,1-3H3,(H,22,24)/t16-,17+,18-,19-/m0/s1. The number of fused-ring (bicyclic) bond motifs is 1. The summed E-state index contributed by atoms with van der Waals surface area (Å²) in [6.45, 7) is 4.55. The Balaban J connectivity index is 1.58. The number of pyridine rings is 1. The number of rotatable bonds is 7. The van der Waals surface area contributed by atoms with Crippen LogP contribution in [0.3, 0.4) is 0 Å². The van der Waals surface area contributed by atoms with Crippen LogP contribution in [0.4, 0.5) is 0 Å². The molecule has 1 saturated carbocycles. The smallest absolute Gasteiger partial charge is 0.220 e. The molecular weight excluding hydrogens is 378 g/mol. The Morgan fingerprint density at radius 3 is 2.64 bits per heavy atom. The molecule has 1 aliphatic carbocycles. The first-order valence-electron chi connectivity index (χ1n) is 10.0. The van der Waals surface area contributed by atoms with E-state index in [1.807, 2.05) is 12.1 Å². The number of carbonyl (C=O) groups is 1. The Labute approximate surface area is 167 Å². The number of ether oxygens (including phenoxy) is 1. The number of aryl methyl sites for hydroxylation is 1. The van der Waals surface area contributed by atoms with Crippen molar-refractivity contribution in [2.75, 3.05) is 20.2 Å². The highest BCUT2D eigenvalue weighted by Gasteiger charge is 2.46. The summed E-state index contributed by atoms with van der Waals surface area (Å²) in [6, 6.07) is 3.76. The van der Waals surface area contributed by atoms with Crippen LogP contribution in [0, 0.1) is 11.8 Å². The molecule has 28 heavy (non-hydrogen) atoms. The van der Waals surface area contributed by atoms with Gasteiger partial charge in [-0.3, -0.25) is 9.78 Å². The zero-order chi connectivity index (χ0) is 20.3. The molecule has 1 saturated heterocycles. The zero-order valence-corrected chi connectivity index (χ0v) is 17.7. The summed E-state index contributed by atoms with van der Waals surface area (Å²) in [5, 5.41) is 2.72. The number of nitrogens with zero attached hydrogens (tertiary/aromatic N) is 2. The third-order valence-corrected chi connectivity index (χ3v) is 8.26. The average molecular weight is 410 g/mol. The lowest BCUT2D eigenvalue weighted by molar-refractivity contribution is -0.123. The molecule has 0 bridgehead atoms. The molecule has 0 unspecified atom stereocenters. The van der Waals surface area contributed by atoms with Crippen molar-refractivity contribution in [1.82, 2.24) is 14.6 Å². The van der Waals surface area contributed by atoms with Crippen LogP contribution in [0.15, 0.2) is 24.5 Å². The van der Waals surface area contributed by atoms with Gasteiger partial charge in [-0.05, 0) is 56.6 Å². The number of aromatic nitrogens is 1. The fourth-order valence-corrected chi connectivity index (χ4v) is 5.77. The van der Waals surface area contributed by atoms with Crippen LogP contribution >= 0.6 is 0 Å². The van der Waals surface area contributed by atoms with E-state index in [2.05, 4.69) is 10.3 Å². The minimum absolute atomic E-state index is 0.000918. The quantitative estimate of drug-likeness (QED) is 0.739. The SMILES string of the molecule is CO[C@H]1C[C@@H]2CN(S(=O)(=O)C(C)C)C[C@@H]2C[C@@H]1NC(=O)CCc1cccnc1. The van der Waals surface area contributed by atoms with Crippen LogP contribution in [-0.2, 0) is 26.0 Å². The van der Waals surface area contributed by atoms with Crippen molar-refractivity contribution in [2.24, 2.45) is 11.8 Å². The van der Waals surface area contributed by atoms with Crippen molar-refractivity contribution in [3.63, 3.8) is 0 Å². The summed E-state index contributed by atoms with van der Waals surface area (Å²) in [7, 11) is -1.58. The van der Waals surface area contributed by atoms with Crippen LogP contribution < -0.4 is 5.32 Å². The number of methoxy groups -OCH3 is 1. The Hall–Kier alpha value is -1.51. The summed E-state index contributed by atoms with van der Waals surface area (Å²) in [6.07, 6.45) is 6.00. The average Bonchev–Trinajstić information content (AvgIpc) is 3.10. The topological polar surface area (TPSA) is 88.6 Å². The molecule has 1 aromatic rings. The fraction of sp³-hybridized carbons (Fsp3) is 0.700. The monoisotopic (exact) mass is 409 g/mol. The van der Waals surface area contributed by atoms with Crippen LogP contribution in [0.5, 0.6) is 0 Å². The van der Waals surface area contributed by atoms with Crippen LogP contribution in [-0.4, -0.2) is 61.2 Å². The molecule has 8 heteroatoms. The number of sulfonamides is 1. The van der Waals surface area contributed by atoms with Crippen LogP contribution in [0.25, 0.3) is 0 Å². The van der Waals surface area contributed by atoms with Gasteiger partial charge in [-0.2, -0.15) is 0 Å². The van der Waals surface area contributed by atoms with Crippen molar-refractivity contribution in [3.05, 3.63) is 30.1 Å². The van der Waals surface area contributed by atoms with E-state index in [1.165, 1.54) is 0 Å². The zero-order valence-electron chi connectivity index (χ0n) is 16.9. The van der Waals surface area contributed by atoms with Crippen LogP contribution in [0.1, 0.15) is 38.7 Å². The molecule has 1 amide bonds. The maximum Gasteiger partial charge on any atom is 0.220 e. The maximum absolute atomic E-state index is 12.5. The van der Waals surface area contributed by atoms with Gasteiger partial charge in [0, 0.05) is 39.0 Å². The highest BCUT2D eigenvalue weighted by molar-refractivity contribution is 7.89. The van der Waals surface area contributed by atoms with Crippen molar-refractivity contribution in [3.8, 4) is 0 Å². The molecule has 1 aromatic heterocycles. The van der Waals surface area contributed by atoms with Gasteiger partial charge in [-0.15, -0.1) is 0 Å². The first kappa shape index (κ1) is 21.2. The van der Waals surface area contributed by atoms with E-state index >= 15 is 0 Å². The van der Waals surface area contributed by atoms with Gasteiger partial charge in [0.15, 0.2) is 0 Å². The number of amides is 1. The predicted molar refractivity (Wildman–Crippen MR) is 107 cm³/mol. The van der Waals surface area contributed by atoms with Crippen molar-refractivity contribution >= 4 is 15.9 Å². The molecule has 156 valence electrons. The summed E-state index contributed by atoms with van der Waals surface area (Å²) in [5.41, 5.74) is 1.04. The minimum atomic E-state index is -3.24. The highest BCUT2D eigenvalue weighted by atomic mass is 32.2. The van der Waals surface area contributed by atoms with Gasteiger partial charge >= 0.3 is 0 Å². The van der Waals surface area contributed by atoms with E-state index in [4.69, 9.17) is 4.74 Å². The van der Waals surface area contributed by atoms with Crippen molar-refractivity contribution in [1.29, 1.82) is 0 Å². The van der Waals surface area contributed by atoms with Gasteiger partial charge in [0.25, 0.3) is 0 Å². The third-order valence-electron chi connectivity index (χ3n) is 6.05. The van der Waals surface area contributed by atoms with E-state index in [0.29, 0.717) is 31.8 Å². The lowest BCUT2D eigenvalue weighted by atomic mass is 9.77. The Morgan fingerprint density at radius 1 is 1.32 bits per heavy atom. The lowest BCUT2D eigenvalue weighted by Gasteiger charge is -2.37. The second kappa shape index (κ2) is 8.88. The predicted octanol–water partition coefficient (Wildman–Crippen LogP) is 1.59. The molecule has 1 N–H and O–H groups in total. The van der Waals surface area contributed by atoms with Crippen molar-refractivity contribution in [2.45, 2.75) is 56.9 Å². The van der Waals surface area contributed by atoms with Gasteiger partial charge in [0.2, 0.25) is 15.9 Å². The normalized spacial score (nSPS) is 28.3. The summed E-state index contributed by atoms with van der Waals surface area (Å²) in [5.74, 6) is 0.560. The van der Waals surface area contributed by atoms with Gasteiger partial charge in [0.05, 0.1) is 17.4 Å². The molecular formula is C20H31N3O4S. The second-order valence-corrected chi connectivity index (χ2v) is 10.7. The molecule has 0 radical (unpaired) electrons. The summed E-state index contributed by atoms with van der Waals surface area (Å²) < 4.78 is 32.3. The summed E-state index contributed by atoms with van der Waals surface area (Å²) in [4.78, 5) is 16.5. The Kier molecular flexibility index (Phi) is 6.73. The Bertz CT molecular complexity index is 769. The fourth-order valence-electron chi connectivity index (χ4n) is 4.37. The van der Waals surface area contributed by atoms with Gasteiger partial charge in [-0.1, -0.05) is 6.07 Å². The first-order valence-corrected chi connectivity index (χ1v) is 11.5. The van der Waals surface area contributed by atoms with Gasteiger partial charge in [-0.25, -0.2) is 12.7 Å². The highest BCUT2D eigenvalue weighted by Crippen LogP contribution is 2.39.